The van der Waals surface area contributed by atoms with Gasteiger partial charge in [0.1, 0.15) is 0 Å². The summed E-state index contributed by atoms with van der Waals surface area (Å²) in [5.41, 5.74) is 1.12. The second-order valence-electron chi connectivity index (χ2n) is 5.19. The van der Waals surface area contributed by atoms with Crippen molar-refractivity contribution in [3.8, 4) is 0 Å². The molecule has 2 unspecified atom stereocenters. The standard InChI is InChI=1S/C12H16O2S/c1-12(2,3)10-5-4-9-6-7-15(13,14)11(9)8-10/h4-9,11H,1-3H3. The highest BCUT2D eigenvalue weighted by Gasteiger charge is 2.35. The van der Waals surface area contributed by atoms with Crippen LogP contribution < -0.4 is 0 Å². The van der Waals surface area contributed by atoms with Gasteiger partial charge in [0.25, 0.3) is 0 Å². The van der Waals surface area contributed by atoms with E-state index in [4.69, 9.17) is 0 Å². The Labute approximate surface area is 91.3 Å². The van der Waals surface area contributed by atoms with Crippen LogP contribution >= 0.6 is 0 Å². The van der Waals surface area contributed by atoms with Crippen LogP contribution in [0.25, 0.3) is 0 Å². The minimum Gasteiger partial charge on any atom is -0.224 e. The molecule has 1 aliphatic carbocycles. The van der Waals surface area contributed by atoms with Crippen molar-refractivity contribution >= 4 is 9.84 Å². The van der Waals surface area contributed by atoms with Crippen molar-refractivity contribution in [2.75, 3.05) is 0 Å². The van der Waals surface area contributed by atoms with E-state index in [9.17, 15) is 8.42 Å². The highest BCUT2D eigenvalue weighted by molar-refractivity contribution is 7.95. The SMILES string of the molecule is CC(C)(C)C1=CC2C(C=C1)C=CS2(=O)=O. The Hall–Kier alpha value is -0.830. The molecule has 0 N–H and O–H groups in total. The summed E-state index contributed by atoms with van der Waals surface area (Å²) in [6.07, 6.45) is 7.71. The molecule has 0 saturated heterocycles. The Balaban J connectivity index is 2.41. The fourth-order valence-corrected chi connectivity index (χ4v) is 3.48. The van der Waals surface area contributed by atoms with Crippen molar-refractivity contribution in [2.24, 2.45) is 11.3 Å². The Kier molecular flexibility index (Phi) is 2.19. The molecule has 3 heteroatoms. The fourth-order valence-electron chi connectivity index (χ4n) is 1.95. The lowest BCUT2D eigenvalue weighted by Crippen LogP contribution is -2.24. The molecule has 0 aromatic heterocycles. The van der Waals surface area contributed by atoms with Crippen LogP contribution in [-0.2, 0) is 9.84 Å². The maximum absolute atomic E-state index is 11.7. The van der Waals surface area contributed by atoms with Crippen molar-refractivity contribution in [3.05, 3.63) is 35.3 Å². The Bertz CT molecular complexity index is 458. The van der Waals surface area contributed by atoms with Gasteiger partial charge in [0, 0.05) is 11.3 Å². The molecule has 1 aliphatic heterocycles. The first-order valence-corrected chi connectivity index (χ1v) is 6.74. The van der Waals surface area contributed by atoms with Crippen LogP contribution in [0.1, 0.15) is 20.8 Å². The summed E-state index contributed by atoms with van der Waals surface area (Å²) in [4.78, 5) is 0. The van der Waals surface area contributed by atoms with E-state index in [1.807, 2.05) is 18.2 Å². The highest BCUT2D eigenvalue weighted by atomic mass is 32.2. The molecule has 0 aromatic rings. The van der Waals surface area contributed by atoms with E-state index in [2.05, 4.69) is 20.8 Å². The molecule has 2 atom stereocenters. The van der Waals surface area contributed by atoms with Gasteiger partial charge in [-0.15, -0.1) is 0 Å². The van der Waals surface area contributed by atoms with Gasteiger partial charge in [-0.05, 0) is 11.0 Å². The summed E-state index contributed by atoms with van der Waals surface area (Å²) in [7, 11) is -3.05. The van der Waals surface area contributed by atoms with Gasteiger partial charge in [-0.1, -0.05) is 45.1 Å². The first-order valence-electron chi connectivity index (χ1n) is 5.13. The second kappa shape index (κ2) is 3.08. The van der Waals surface area contributed by atoms with Gasteiger partial charge < -0.3 is 0 Å². The van der Waals surface area contributed by atoms with Crippen LogP contribution in [0.15, 0.2) is 35.3 Å². The number of sulfone groups is 1. The topological polar surface area (TPSA) is 34.1 Å². The molecular formula is C12H16O2S. The van der Waals surface area contributed by atoms with Crippen molar-refractivity contribution in [1.29, 1.82) is 0 Å². The van der Waals surface area contributed by atoms with Gasteiger partial charge >= 0.3 is 0 Å². The average molecular weight is 224 g/mol. The summed E-state index contributed by atoms with van der Waals surface area (Å²) in [5.74, 6) is 0.0427. The van der Waals surface area contributed by atoms with E-state index in [0.717, 1.165) is 5.57 Å². The monoisotopic (exact) mass is 224 g/mol. The highest BCUT2D eigenvalue weighted by Crippen LogP contribution is 2.36. The van der Waals surface area contributed by atoms with Crippen LogP contribution in [0, 0.1) is 11.3 Å². The summed E-state index contributed by atoms with van der Waals surface area (Å²) >= 11 is 0. The van der Waals surface area contributed by atoms with Crippen molar-refractivity contribution in [2.45, 2.75) is 26.0 Å². The van der Waals surface area contributed by atoms with Crippen LogP contribution in [0.2, 0.25) is 0 Å². The van der Waals surface area contributed by atoms with Crippen LogP contribution in [0.4, 0.5) is 0 Å². The summed E-state index contributed by atoms with van der Waals surface area (Å²) in [5, 5.41) is 0.978. The third-order valence-electron chi connectivity index (χ3n) is 2.96. The maximum atomic E-state index is 11.7. The third kappa shape index (κ3) is 1.81. The van der Waals surface area contributed by atoms with Gasteiger partial charge in [0.2, 0.25) is 0 Å². The molecule has 15 heavy (non-hydrogen) atoms. The second-order valence-corrected chi connectivity index (χ2v) is 7.19. The van der Waals surface area contributed by atoms with E-state index >= 15 is 0 Å². The summed E-state index contributed by atoms with van der Waals surface area (Å²) in [6.45, 7) is 6.29. The number of hydrogen-bond acceptors (Lipinski definition) is 2. The van der Waals surface area contributed by atoms with E-state index in [1.54, 1.807) is 6.08 Å². The lowest BCUT2D eigenvalue weighted by molar-refractivity contribution is 0.508. The molecule has 0 bridgehead atoms. The van der Waals surface area contributed by atoms with Gasteiger partial charge in [-0.25, -0.2) is 8.42 Å². The van der Waals surface area contributed by atoms with Crippen LogP contribution in [0.5, 0.6) is 0 Å². The number of fused-ring (bicyclic) bond motifs is 1. The molecule has 0 fully saturated rings. The smallest absolute Gasteiger partial charge is 0.178 e. The zero-order valence-corrected chi connectivity index (χ0v) is 10.1. The third-order valence-corrected chi connectivity index (χ3v) is 4.70. The fraction of sp³-hybridized carbons (Fsp3) is 0.500. The summed E-state index contributed by atoms with van der Waals surface area (Å²) < 4.78 is 23.4. The zero-order valence-electron chi connectivity index (χ0n) is 9.27. The molecule has 0 saturated carbocycles. The average Bonchev–Trinajstić information content (AvgIpc) is 2.41. The quantitative estimate of drug-likeness (QED) is 0.633. The largest absolute Gasteiger partial charge is 0.224 e. The number of allylic oxidation sites excluding steroid dienone is 4. The van der Waals surface area contributed by atoms with Crippen LogP contribution in [0.3, 0.4) is 0 Å². The van der Waals surface area contributed by atoms with Gasteiger partial charge in [-0.2, -0.15) is 0 Å². The Morgan fingerprint density at radius 2 is 1.87 bits per heavy atom. The lowest BCUT2D eigenvalue weighted by atomic mass is 9.81. The maximum Gasteiger partial charge on any atom is 0.178 e. The number of hydrogen-bond donors (Lipinski definition) is 0. The normalized spacial score (nSPS) is 32.6. The molecule has 2 aliphatic rings. The van der Waals surface area contributed by atoms with Crippen molar-refractivity contribution < 1.29 is 8.42 Å². The van der Waals surface area contributed by atoms with E-state index in [1.165, 1.54) is 5.41 Å². The van der Waals surface area contributed by atoms with Gasteiger partial charge in [0.15, 0.2) is 9.84 Å². The predicted octanol–water partition coefficient (Wildman–Crippen LogP) is 2.46. The molecule has 0 aromatic carbocycles. The molecule has 2 nitrogen and oxygen atoms in total. The molecule has 0 spiro atoms. The molecule has 82 valence electrons. The van der Waals surface area contributed by atoms with E-state index in [0.29, 0.717) is 0 Å². The van der Waals surface area contributed by atoms with Gasteiger partial charge in [-0.3, -0.25) is 0 Å². The lowest BCUT2D eigenvalue weighted by Gasteiger charge is -2.26. The van der Waals surface area contributed by atoms with E-state index < -0.39 is 9.84 Å². The first kappa shape index (κ1) is 10.7. The Morgan fingerprint density at radius 1 is 1.20 bits per heavy atom. The predicted molar refractivity (Wildman–Crippen MR) is 62.0 cm³/mol. The minimum atomic E-state index is -3.05. The minimum absolute atomic E-state index is 0.0135. The Morgan fingerprint density at radius 3 is 2.47 bits per heavy atom. The molecule has 0 radical (unpaired) electrons. The molecule has 2 rings (SSSR count). The van der Waals surface area contributed by atoms with Crippen molar-refractivity contribution in [1.82, 2.24) is 0 Å². The zero-order chi connectivity index (χ0) is 11.3. The van der Waals surface area contributed by atoms with Crippen molar-refractivity contribution in [3.63, 3.8) is 0 Å². The first-order chi connectivity index (χ1) is 6.81. The molecule has 1 heterocycles. The summed E-state index contributed by atoms with van der Waals surface area (Å²) in [6, 6.07) is 0. The number of rotatable bonds is 0. The molecular weight excluding hydrogens is 208 g/mol. The molecule has 0 amide bonds. The van der Waals surface area contributed by atoms with E-state index in [-0.39, 0.29) is 16.6 Å². The van der Waals surface area contributed by atoms with Crippen LogP contribution in [-0.4, -0.2) is 13.7 Å². The van der Waals surface area contributed by atoms with Gasteiger partial charge in [0.05, 0.1) is 5.25 Å².